The fraction of sp³-hybridized carbons (Fsp3) is 0.417. The topological polar surface area (TPSA) is 74.3 Å². The monoisotopic (exact) mass is 248 g/mol. The largest absolute Gasteiger partial charge is 0.333 e. The maximum Gasteiger partial charge on any atom is 0.315 e. The molecular formula is C12H16N4O2. The molecule has 0 radical (unpaired) electrons. The summed E-state index contributed by atoms with van der Waals surface area (Å²) in [7, 11) is 0. The van der Waals surface area contributed by atoms with Gasteiger partial charge in [0.15, 0.2) is 0 Å². The maximum atomic E-state index is 11.9. The summed E-state index contributed by atoms with van der Waals surface area (Å²) in [4.78, 5) is 29.2. The molecule has 2 rings (SSSR count). The van der Waals surface area contributed by atoms with Crippen LogP contribution in [0.3, 0.4) is 0 Å². The SMILES string of the molecule is O=C(Nc1ccccn1)C(=O)N1CCCNCC1. The Balaban J connectivity index is 1.93. The van der Waals surface area contributed by atoms with Gasteiger partial charge in [0.25, 0.3) is 0 Å². The molecule has 6 nitrogen and oxygen atoms in total. The van der Waals surface area contributed by atoms with E-state index in [0.29, 0.717) is 18.9 Å². The molecule has 2 amide bonds. The van der Waals surface area contributed by atoms with Crippen LogP contribution in [0.4, 0.5) is 5.82 Å². The normalized spacial score (nSPS) is 15.9. The minimum absolute atomic E-state index is 0.392. The average Bonchev–Trinajstić information content (AvgIpc) is 2.68. The van der Waals surface area contributed by atoms with Crippen molar-refractivity contribution in [3.05, 3.63) is 24.4 Å². The van der Waals surface area contributed by atoms with Gasteiger partial charge in [-0.3, -0.25) is 9.59 Å². The molecule has 1 aromatic rings. The van der Waals surface area contributed by atoms with Crippen molar-refractivity contribution in [1.82, 2.24) is 15.2 Å². The lowest BCUT2D eigenvalue weighted by molar-refractivity contribution is -0.143. The van der Waals surface area contributed by atoms with Gasteiger partial charge in [-0.25, -0.2) is 4.98 Å². The van der Waals surface area contributed by atoms with E-state index >= 15 is 0 Å². The summed E-state index contributed by atoms with van der Waals surface area (Å²) in [5.41, 5.74) is 0. The van der Waals surface area contributed by atoms with Gasteiger partial charge in [-0.15, -0.1) is 0 Å². The Morgan fingerprint density at radius 1 is 1.28 bits per heavy atom. The standard InChI is InChI=1S/C12H16N4O2/c17-11(15-10-4-1-2-6-14-10)12(18)16-8-3-5-13-7-9-16/h1-2,4,6,13H,3,5,7-9H2,(H,14,15,17). The predicted molar refractivity (Wildman–Crippen MR) is 66.9 cm³/mol. The van der Waals surface area contributed by atoms with E-state index in [-0.39, 0.29) is 0 Å². The first-order chi connectivity index (χ1) is 8.77. The Bertz CT molecular complexity index is 413. The number of nitrogens with zero attached hydrogens (tertiary/aromatic N) is 2. The molecule has 1 aromatic heterocycles. The molecule has 18 heavy (non-hydrogen) atoms. The molecule has 1 aliphatic heterocycles. The molecule has 0 spiro atoms. The molecule has 1 saturated heterocycles. The summed E-state index contributed by atoms with van der Waals surface area (Å²) >= 11 is 0. The van der Waals surface area contributed by atoms with Crippen LogP contribution < -0.4 is 10.6 Å². The third-order valence-corrected chi connectivity index (χ3v) is 2.73. The molecule has 0 aliphatic carbocycles. The molecule has 1 aliphatic rings. The van der Waals surface area contributed by atoms with Gasteiger partial charge in [0.1, 0.15) is 5.82 Å². The highest BCUT2D eigenvalue weighted by Crippen LogP contribution is 2.02. The van der Waals surface area contributed by atoms with E-state index in [1.54, 1.807) is 29.3 Å². The van der Waals surface area contributed by atoms with E-state index in [2.05, 4.69) is 15.6 Å². The highest BCUT2D eigenvalue weighted by molar-refractivity contribution is 6.39. The number of carbonyl (C=O) groups excluding carboxylic acids is 2. The zero-order chi connectivity index (χ0) is 12.8. The molecule has 0 atom stereocenters. The van der Waals surface area contributed by atoms with E-state index in [1.165, 1.54) is 0 Å². The van der Waals surface area contributed by atoms with Crippen molar-refractivity contribution in [3.8, 4) is 0 Å². The minimum atomic E-state index is -0.629. The number of carbonyl (C=O) groups is 2. The second kappa shape index (κ2) is 6.11. The summed E-state index contributed by atoms with van der Waals surface area (Å²) in [5.74, 6) is -0.733. The molecule has 6 heteroatoms. The van der Waals surface area contributed by atoms with Crippen molar-refractivity contribution in [3.63, 3.8) is 0 Å². The number of hydrogen-bond acceptors (Lipinski definition) is 4. The Hall–Kier alpha value is -1.95. The van der Waals surface area contributed by atoms with Crippen molar-refractivity contribution < 1.29 is 9.59 Å². The quantitative estimate of drug-likeness (QED) is 0.677. The second-order valence-corrected chi connectivity index (χ2v) is 4.06. The molecule has 0 unspecified atom stereocenters. The highest BCUT2D eigenvalue weighted by Gasteiger charge is 2.22. The number of hydrogen-bond donors (Lipinski definition) is 2. The van der Waals surface area contributed by atoms with E-state index in [0.717, 1.165) is 19.5 Å². The molecule has 2 N–H and O–H groups in total. The lowest BCUT2D eigenvalue weighted by Gasteiger charge is -2.18. The van der Waals surface area contributed by atoms with Gasteiger partial charge in [0.05, 0.1) is 0 Å². The Morgan fingerprint density at radius 3 is 2.94 bits per heavy atom. The fourth-order valence-corrected chi connectivity index (χ4v) is 1.80. The van der Waals surface area contributed by atoms with Crippen LogP contribution in [-0.2, 0) is 9.59 Å². The van der Waals surface area contributed by atoms with Gasteiger partial charge in [-0.1, -0.05) is 6.07 Å². The van der Waals surface area contributed by atoms with Crippen molar-refractivity contribution >= 4 is 17.6 Å². The van der Waals surface area contributed by atoms with Crippen molar-refractivity contribution in [2.24, 2.45) is 0 Å². The van der Waals surface area contributed by atoms with Gasteiger partial charge >= 0.3 is 11.8 Å². The van der Waals surface area contributed by atoms with Gasteiger partial charge < -0.3 is 15.5 Å². The summed E-state index contributed by atoms with van der Waals surface area (Å²) < 4.78 is 0. The van der Waals surface area contributed by atoms with Gasteiger partial charge in [-0.2, -0.15) is 0 Å². The number of amides is 2. The van der Waals surface area contributed by atoms with Gasteiger partial charge in [-0.05, 0) is 25.1 Å². The number of rotatable bonds is 1. The van der Waals surface area contributed by atoms with Crippen LogP contribution in [-0.4, -0.2) is 47.9 Å². The molecular weight excluding hydrogens is 232 g/mol. The lowest BCUT2D eigenvalue weighted by Crippen LogP contribution is -2.41. The first-order valence-corrected chi connectivity index (χ1v) is 5.99. The van der Waals surface area contributed by atoms with E-state index in [9.17, 15) is 9.59 Å². The van der Waals surface area contributed by atoms with Crippen LogP contribution in [0.15, 0.2) is 24.4 Å². The number of pyridine rings is 1. The summed E-state index contributed by atoms with van der Waals surface area (Å²) in [6, 6.07) is 5.15. The van der Waals surface area contributed by atoms with E-state index < -0.39 is 11.8 Å². The molecule has 1 fully saturated rings. The summed E-state index contributed by atoms with van der Waals surface area (Å²) in [5, 5.41) is 5.68. The number of nitrogens with one attached hydrogen (secondary N) is 2. The minimum Gasteiger partial charge on any atom is -0.333 e. The smallest absolute Gasteiger partial charge is 0.315 e. The zero-order valence-corrected chi connectivity index (χ0v) is 10.1. The summed E-state index contributed by atoms with van der Waals surface area (Å²) in [6.45, 7) is 2.78. The number of aromatic nitrogens is 1. The van der Waals surface area contributed by atoms with Crippen molar-refractivity contribution in [2.75, 3.05) is 31.5 Å². The fourth-order valence-electron chi connectivity index (χ4n) is 1.80. The van der Waals surface area contributed by atoms with Crippen LogP contribution in [0, 0.1) is 0 Å². The van der Waals surface area contributed by atoms with Crippen LogP contribution in [0.25, 0.3) is 0 Å². The Morgan fingerprint density at radius 2 is 2.17 bits per heavy atom. The van der Waals surface area contributed by atoms with Crippen LogP contribution >= 0.6 is 0 Å². The Labute approximate surface area is 105 Å². The third kappa shape index (κ3) is 3.27. The highest BCUT2D eigenvalue weighted by atomic mass is 16.2. The average molecular weight is 248 g/mol. The molecule has 0 saturated carbocycles. The van der Waals surface area contributed by atoms with E-state index in [4.69, 9.17) is 0 Å². The van der Waals surface area contributed by atoms with Crippen LogP contribution in [0.1, 0.15) is 6.42 Å². The number of anilines is 1. The third-order valence-electron chi connectivity index (χ3n) is 2.73. The first-order valence-electron chi connectivity index (χ1n) is 5.99. The maximum absolute atomic E-state index is 11.9. The molecule has 0 aromatic carbocycles. The van der Waals surface area contributed by atoms with Crippen molar-refractivity contribution in [2.45, 2.75) is 6.42 Å². The van der Waals surface area contributed by atoms with Crippen LogP contribution in [0.5, 0.6) is 0 Å². The molecule has 0 bridgehead atoms. The molecule has 96 valence electrons. The lowest BCUT2D eigenvalue weighted by atomic mass is 10.3. The first kappa shape index (κ1) is 12.5. The summed E-state index contributed by atoms with van der Waals surface area (Å²) in [6.07, 6.45) is 2.43. The van der Waals surface area contributed by atoms with Gasteiger partial charge in [0, 0.05) is 25.8 Å². The Kier molecular flexibility index (Phi) is 4.25. The zero-order valence-electron chi connectivity index (χ0n) is 10.1. The van der Waals surface area contributed by atoms with Crippen molar-refractivity contribution in [1.29, 1.82) is 0 Å². The molecule has 2 heterocycles. The van der Waals surface area contributed by atoms with Gasteiger partial charge in [0.2, 0.25) is 0 Å². The second-order valence-electron chi connectivity index (χ2n) is 4.06. The van der Waals surface area contributed by atoms with E-state index in [1.807, 2.05) is 0 Å². The predicted octanol–water partition coefficient (Wildman–Crippen LogP) is -0.158. The van der Waals surface area contributed by atoms with Crippen LogP contribution in [0.2, 0.25) is 0 Å².